The lowest BCUT2D eigenvalue weighted by Crippen LogP contribution is -2.05. The minimum Gasteiger partial charge on any atom is -0.496 e. The van der Waals surface area contributed by atoms with Crippen LogP contribution in [-0.2, 0) is 6.42 Å². The Bertz CT molecular complexity index is 681. The van der Waals surface area contributed by atoms with Crippen LogP contribution in [0.4, 0.5) is 5.82 Å². The van der Waals surface area contributed by atoms with Crippen molar-refractivity contribution in [1.29, 1.82) is 0 Å². The first kappa shape index (κ1) is 13.1. The predicted octanol–water partition coefficient (Wildman–Crippen LogP) is 3.56. The van der Waals surface area contributed by atoms with Crippen molar-refractivity contribution in [1.82, 2.24) is 9.97 Å². The van der Waals surface area contributed by atoms with Crippen LogP contribution in [0.3, 0.4) is 0 Å². The molecule has 2 N–H and O–H groups in total. The van der Waals surface area contributed by atoms with E-state index in [1.807, 2.05) is 24.3 Å². The number of rotatable bonds is 2. The second-order valence-corrected chi connectivity index (χ2v) is 5.21. The smallest absolute Gasteiger partial charge is 0.199 e. The van der Waals surface area contributed by atoms with Crippen molar-refractivity contribution >= 4 is 18.0 Å². The number of aromatic nitrogens is 2. The summed E-state index contributed by atoms with van der Waals surface area (Å²) < 4.78 is 5.97. The summed E-state index contributed by atoms with van der Waals surface area (Å²) in [5.41, 5.74) is 3.25. The Morgan fingerprint density at radius 2 is 2.10 bits per heavy atom. The van der Waals surface area contributed by atoms with E-state index in [0.717, 1.165) is 48.6 Å². The molecule has 1 aliphatic heterocycles. The van der Waals surface area contributed by atoms with Crippen LogP contribution in [0.25, 0.3) is 11.3 Å². The fourth-order valence-electron chi connectivity index (χ4n) is 2.60. The summed E-state index contributed by atoms with van der Waals surface area (Å²) in [4.78, 5) is 7.66. The maximum Gasteiger partial charge on any atom is 0.199 e. The molecule has 20 heavy (non-hydrogen) atoms. The van der Waals surface area contributed by atoms with Gasteiger partial charge in [-0.2, -0.15) is 0 Å². The van der Waals surface area contributed by atoms with Crippen molar-refractivity contribution in [3.63, 3.8) is 0 Å². The minimum atomic E-state index is 0.499. The second-order valence-electron chi connectivity index (χ2n) is 4.83. The highest BCUT2D eigenvalue weighted by Crippen LogP contribution is 2.34. The van der Waals surface area contributed by atoms with Crippen LogP contribution in [0.15, 0.2) is 24.3 Å². The number of hydrogen-bond acceptors (Lipinski definition) is 4. The zero-order valence-electron chi connectivity index (χ0n) is 11.4. The van der Waals surface area contributed by atoms with E-state index in [9.17, 15) is 0 Å². The van der Waals surface area contributed by atoms with Gasteiger partial charge in [0.05, 0.1) is 12.8 Å². The largest absolute Gasteiger partial charge is 0.496 e. The second kappa shape index (κ2) is 5.63. The molecule has 4 nitrogen and oxygen atoms in total. The number of anilines is 1. The number of methoxy groups -OCH3 is 1. The van der Waals surface area contributed by atoms with Crippen molar-refractivity contribution in [3.8, 4) is 17.0 Å². The summed E-state index contributed by atoms with van der Waals surface area (Å²) in [6, 6.07) is 7.98. The Kier molecular flexibility index (Phi) is 3.69. The molecule has 1 aliphatic rings. The minimum absolute atomic E-state index is 0.499. The van der Waals surface area contributed by atoms with Crippen LogP contribution in [0, 0.1) is 4.77 Å². The highest BCUT2D eigenvalue weighted by atomic mass is 32.1. The molecule has 104 valence electrons. The molecular formula is C15H17N3OS. The molecule has 2 aromatic rings. The molecule has 0 atom stereocenters. The number of aromatic amines is 1. The van der Waals surface area contributed by atoms with Crippen molar-refractivity contribution in [2.75, 3.05) is 19.0 Å². The van der Waals surface area contributed by atoms with Crippen molar-refractivity contribution in [3.05, 3.63) is 34.6 Å². The van der Waals surface area contributed by atoms with Crippen LogP contribution in [-0.4, -0.2) is 23.6 Å². The number of ether oxygens (including phenoxy) is 1. The molecule has 2 heterocycles. The molecule has 0 saturated heterocycles. The number of fused-ring (bicyclic) bond motifs is 1. The van der Waals surface area contributed by atoms with Gasteiger partial charge < -0.3 is 15.0 Å². The van der Waals surface area contributed by atoms with Crippen LogP contribution in [0.5, 0.6) is 5.75 Å². The fraction of sp³-hybridized carbons (Fsp3) is 0.333. The maximum atomic E-state index is 5.47. The zero-order valence-corrected chi connectivity index (χ0v) is 12.2. The number of para-hydroxylation sites is 1. The van der Waals surface area contributed by atoms with Crippen LogP contribution in [0.2, 0.25) is 0 Å². The molecular weight excluding hydrogens is 270 g/mol. The highest BCUT2D eigenvalue weighted by Gasteiger charge is 2.17. The predicted molar refractivity (Wildman–Crippen MR) is 82.8 cm³/mol. The molecule has 0 radical (unpaired) electrons. The van der Waals surface area contributed by atoms with Gasteiger partial charge in [0.1, 0.15) is 11.6 Å². The molecule has 0 aliphatic carbocycles. The van der Waals surface area contributed by atoms with E-state index in [4.69, 9.17) is 17.0 Å². The molecule has 0 saturated carbocycles. The van der Waals surface area contributed by atoms with Crippen LogP contribution < -0.4 is 10.1 Å². The zero-order chi connectivity index (χ0) is 13.9. The van der Waals surface area contributed by atoms with Crippen molar-refractivity contribution < 1.29 is 4.74 Å². The molecule has 0 amide bonds. The Morgan fingerprint density at radius 3 is 2.95 bits per heavy atom. The number of benzene rings is 1. The van der Waals surface area contributed by atoms with Crippen LogP contribution in [0.1, 0.15) is 18.4 Å². The van der Waals surface area contributed by atoms with E-state index in [2.05, 4.69) is 15.3 Å². The molecule has 3 rings (SSSR count). The molecule has 1 aromatic carbocycles. The van der Waals surface area contributed by atoms with Gasteiger partial charge in [0, 0.05) is 17.7 Å². The maximum absolute atomic E-state index is 5.47. The van der Waals surface area contributed by atoms with E-state index < -0.39 is 0 Å². The molecule has 0 unspecified atom stereocenters. The van der Waals surface area contributed by atoms with Gasteiger partial charge in [-0.15, -0.1) is 0 Å². The van der Waals surface area contributed by atoms with E-state index in [0.29, 0.717) is 4.77 Å². The molecule has 0 fully saturated rings. The normalized spacial score (nSPS) is 14.1. The SMILES string of the molecule is COc1ccccc1-c1[nH]c(=S)nc2c1CCCCN2. The third-order valence-corrected chi connectivity index (χ3v) is 3.75. The van der Waals surface area contributed by atoms with Gasteiger partial charge in [0.25, 0.3) is 0 Å². The summed E-state index contributed by atoms with van der Waals surface area (Å²) in [6.07, 6.45) is 3.29. The van der Waals surface area contributed by atoms with Gasteiger partial charge in [-0.1, -0.05) is 12.1 Å². The van der Waals surface area contributed by atoms with E-state index >= 15 is 0 Å². The Labute approximate surface area is 123 Å². The lowest BCUT2D eigenvalue weighted by Gasteiger charge is -2.14. The van der Waals surface area contributed by atoms with E-state index in [-0.39, 0.29) is 0 Å². The summed E-state index contributed by atoms with van der Waals surface area (Å²) in [6.45, 7) is 0.949. The molecule has 0 bridgehead atoms. The fourth-order valence-corrected chi connectivity index (χ4v) is 2.80. The summed E-state index contributed by atoms with van der Waals surface area (Å²) in [7, 11) is 1.69. The number of nitrogens with one attached hydrogen (secondary N) is 2. The Morgan fingerprint density at radius 1 is 1.25 bits per heavy atom. The monoisotopic (exact) mass is 287 g/mol. The average molecular weight is 287 g/mol. The first-order chi connectivity index (χ1) is 9.79. The van der Waals surface area contributed by atoms with Gasteiger partial charge in [0.15, 0.2) is 4.77 Å². The highest BCUT2D eigenvalue weighted by molar-refractivity contribution is 7.71. The number of hydrogen-bond donors (Lipinski definition) is 2. The quantitative estimate of drug-likeness (QED) is 0.829. The lowest BCUT2D eigenvalue weighted by molar-refractivity contribution is 0.416. The molecule has 1 aromatic heterocycles. The van der Waals surface area contributed by atoms with E-state index in [1.54, 1.807) is 7.11 Å². The van der Waals surface area contributed by atoms with Crippen molar-refractivity contribution in [2.45, 2.75) is 19.3 Å². The topological polar surface area (TPSA) is 49.9 Å². The summed E-state index contributed by atoms with van der Waals surface area (Å²) >= 11 is 5.26. The van der Waals surface area contributed by atoms with Gasteiger partial charge in [-0.05, 0) is 43.6 Å². The average Bonchev–Trinajstić information content (AvgIpc) is 2.71. The lowest BCUT2D eigenvalue weighted by atomic mass is 10.0. The molecule has 0 spiro atoms. The standard InChI is InChI=1S/C15H17N3OS/c1-19-12-8-3-2-6-10(12)13-11-7-4-5-9-16-14(11)18-15(20)17-13/h2-3,6,8H,4-5,7,9H2,1H3,(H2,16,17,18,20). The third kappa shape index (κ3) is 2.41. The van der Waals surface area contributed by atoms with Gasteiger partial charge in [-0.25, -0.2) is 4.98 Å². The van der Waals surface area contributed by atoms with Crippen molar-refractivity contribution in [2.24, 2.45) is 0 Å². The van der Waals surface area contributed by atoms with E-state index in [1.165, 1.54) is 5.56 Å². The Hall–Kier alpha value is -1.88. The molecule has 5 heteroatoms. The van der Waals surface area contributed by atoms with Gasteiger partial charge >= 0.3 is 0 Å². The van der Waals surface area contributed by atoms with Gasteiger partial charge in [-0.3, -0.25) is 0 Å². The number of nitrogens with zero attached hydrogens (tertiary/aromatic N) is 1. The first-order valence-corrected chi connectivity index (χ1v) is 7.21. The Balaban J connectivity index is 2.23. The third-order valence-electron chi connectivity index (χ3n) is 3.56. The van der Waals surface area contributed by atoms with Gasteiger partial charge in [0.2, 0.25) is 0 Å². The first-order valence-electron chi connectivity index (χ1n) is 6.80. The summed E-state index contributed by atoms with van der Waals surface area (Å²) in [5, 5.41) is 3.37. The van der Waals surface area contributed by atoms with Crippen LogP contribution >= 0.6 is 12.2 Å². The number of H-pyrrole nitrogens is 1. The summed E-state index contributed by atoms with van der Waals surface area (Å²) in [5.74, 6) is 1.75.